The van der Waals surface area contributed by atoms with Gasteiger partial charge in [-0.3, -0.25) is 10.2 Å². The molecule has 1 fully saturated rings. The van der Waals surface area contributed by atoms with Crippen LogP contribution >= 0.6 is 0 Å². The monoisotopic (exact) mass is 289 g/mol. The van der Waals surface area contributed by atoms with Gasteiger partial charge in [0, 0.05) is 12.6 Å². The first-order valence-corrected chi connectivity index (χ1v) is 8.05. The first-order valence-electron chi connectivity index (χ1n) is 8.05. The first-order chi connectivity index (χ1) is 10.2. The zero-order chi connectivity index (χ0) is 15.1. The predicted molar refractivity (Wildman–Crippen MR) is 85.7 cm³/mol. The molecule has 1 aromatic rings. The summed E-state index contributed by atoms with van der Waals surface area (Å²) in [5.74, 6) is 0.449. The van der Waals surface area contributed by atoms with Crippen LogP contribution in [-0.2, 0) is 11.2 Å². The molecule has 3 atom stereocenters. The van der Waals surface area contributed by atoms with Crippen molar-refractivity contribution in [3.63, 3.8) is 0 Å². The molecule has 1 amide bonds. The zero-order valence-electron chi connectivity index (χ0n) is 13.1. The van der Waals surface area contributed by atoms with Gasteiger partial charge in [-0.05, 0) is 37.2 Å². The van der Waals surface area contributed by atoms with Gasteiger partial charge in [0.2, 0.25) is 5.91 Å². The smallest absolute Gasteiger partial charge is 0.238 e. The Balaban J connectivity index is 1.61. The second-order valence-electron chi connectivity index (χ2n) is 5.87. The van der Waals surface area contributed by atoms with Gasteiger partial charge in [-0.2, -0.15) is 0 Å². The minimum atomic E-state index is -0.107. The van der Waals surface area contributed by atoms with Crippen molar-refractivity contribution < 1.29 is 4.79 Å². The van der Waals surface area contributed by atoms with Crippen molar-refractivity contribution in [1.82, 2.24) is 16.2 Å². The van der Waals surface area contributed by atoms with E-state index in [-0.39, 0.29) is 11.9 Å². The van der Waals surface area contributed by atoms with Gasteiger partial charge < -0.3 is 5.32 Å². The van der Waals surface area contributed by atoms with Crippen molar-refractivity contribution >= 4 is 5.91 Å². The molecule has 0 bridgehead atoms. The lowest BCUT2D eigenvalue weighted by Crippen LogP contribution is -2.45. The van der Waals surface area contributed by atoms with E-state index in [4.69, 9.17) is 0 Å². The molecule has 0 radical (unpaired) electrons. The van der Waals surface area contributed by atoms with E-state index in [9.17, 15) is 4.79 Å². The Hall–Kier alpha value is -1.39. The fraction of sp³-hybridized carbons (Fsp3) is 0.588. The number of carbonyl (C=O) groups is 1. The number of benzene rings is 1. The molecule has 0 aliphatic carbocycles. The molecule has 1 saturated heterocycles. The molecule has 0 aromatic heterocycles. The maximum absolute atomic E-state index is 12.1. The summed E-state index contributed by atoms with van der Waals surface area (Å²) in [6.45, 7) is 5.02. The second kappa shape index (κ2) is 8.15. The third-order valence-corrected chi connectivity index (χ3v) is 4.34. The van der Waals surface area contributed by atoms with E-state index >= 15 is 0 Å². The first kappa shape index (κ1) is 16.0. The van der Waals surface area contributed by atoms with Crippen molar-refractivity contribution in [2.24, 2.45) is 5.92 Å². The molecule has 0 saturated carbocycles. The number of unbranched alkanes of at least 4 members (excludes halogenated alkanes) is 1. The quantitative estimate of drug-likeness (QED) is 0.673. The lowest BCUT2D eigenvalue weighted by molar-refractivity contribution is -0.123. The van der Waals surface area contributed by atoms with E-state index in [1.807, 2.05) is 6.07 Å². The van der Waals surface area contributed by atoms with E-state index in [1.54, 1.807) is 0 Å². The topological polar surface area (TPSA) is 53.2 Å². The van der Waals surface area contributed by atoms with E-state index < -0.39 is 0 Å². The standard InChI is InChI=1S/C17H27N3O/c1-3-15-13(2)16(20-19-15)17(21)18-12-8-7-11-14-9-5-4-6-10-14/h4-6,9-10,13,15-16,19-20H,3,7-8,11-12H2,1-2H3,(H,18,21). The van der Waals surface area contributed by atoms with Crippen LogP contribution in [0.4, 0.5) is 0 Å². The van der Waals surface area contributed by atoms with Gasteiger partial charge in [0.25, 0.3) is 0 Å². The summed E-state index contributed by atoms with van der Waals surface area (Å²) < 4.78 is 0. The van der Waals surface area contributed by atoms with Crippen molar-refractivity contribution in [3.8, 4) is 0 Å². The lowest BCUT2D eigenvalue weighted by atomic mass is 9.94. The van der Waals surface area contributed by atoms with E-state index in [1.165, 1.54) is 5.56 Å². The number of hydrogen-bond acceptors (Lipinski definition) is 3. The number of amides is 1. The number of aryl methyl sites for hydroxylation is 1. The molecular weight excluding hydrogens is 262 g/mol. The van der Waals surface area contributed by atoms with E-state index in [2.05, 4.69) is 54.3 Å². The van der Waals surface area contributed by atoms with Gasteiger partial charge >= 0.3 is 0 Å². The Bertz CT molecular complexity index is 435. The van der Waals surface area contributed by atoms with Crippen LogP contribution in [-0.4, -0.2) is 24.5 Å². The molecule has 1 aliphatic heterocycles. The molecule has 2 rings (SSSR count). The summed E-state index contributed by atoms with van der Waals surface area (Å²) in [7, 11) is 0. The third kappa shape index (κ3) is 4.55. The highest BCUT2D eigenvalue weighted by Crippen LogP contribution is 2.16. The zero-order valence-corrected chi connectivity index (χ0v) is 13.1. The van der Waals surface area contributed by atoms with Gasteiger partial charge in [-0.15, -0.1) is 0 Å². The molecular formula is C17H27N3O. The largest absolute Gasteiger partial charge is 0.355 e. The molecule has 1 heterocycles. The van der Waals surface area contributed by atoms with Crippen LogP contribution in [0.5, 0.6) is 0 Å². The van der Waals surface area contributed by atoms with Crippen LogP contribution in [0.1, 0.15) is 38.7 Å². The van der Waals surface area contributed by atoms with E-state index in [0.29, 0.717) is 12.0 Å². The minimum absolute atomic E-state index is 0.107. The summed E-state index contributed by atoms with van der Waals surface area (Å²) in [6.07, 6.45) is 4.24. The van der Waals surface area contributed by atoms with Crippen LogP contribution in [0, 0.1) is 5.92 Å². The Morgan fingerprint density at radius 3 is 2.62 bits per heavy atom. The van der Waals surface area contributed by atoms with Crippen LogP contribution in [0.3, 0.4) is 0 Å². The fourth-order valence-corrected chi connectivity index (χ4v) is 2.89. The van der Waals surface area contributed by atoms with Crippen LogP contribution in [0.25, 0.3) is 0 Å². The fourth-order valence-electron chi connectivity index (χ4n) is 2.89. The van der Waals surface area contributed by atoms with Gasteiger partial charge in [0.15, 0.2) is 0 Å². The normalized spacial score (nSPS) is 25.0. The SMILES string of the molecule is CCC1NNC(C(=O)NCCCCc2ccccc2)C1C. The Morgan fingerprint density at radius 1 is 1.19 bits per heavy atom. The number of hydrogen-bond donors (Lipinski definition) is 3. The molecule has 116 valence electrons. The highest BCUT2D eigenvalue weighted by molar-refractivity contribution is 5.82. The second-order valence-corrected chi connectivity index (χ2v) is 5.87. The summed E-state index contributed by atoms with van der Waals surface area (Å²) in [5.41, 5.74) is 7.68. The summed E-state index contributed by atoms with van der Waals surface area (Å²) in [6, 6.07) is 10.8. The minimum Gasteiger partial charge on any atom is -0.355 e. The Morgan fingerprint density at radius 2 is 1.95 bits per heavy atom. The molecule has 1 aliphatic rings. The number of hydrazine groups is 1. The maximum Gasteiger partial charge on any atom is 0.238 e. The highest BCUT2D eigenvalue weighted by Gasteiger charge is 2.35. The predicted octanol–water partition coefficient (Wildman–Crippen LogP) is 2.02. The van der Waals surface area contributed by atoms with Gasteiger partial charge in [0.1, 0.15) is 6.04 Å². The van der Waals surface area contributed by atoms with Crippen LogP contribution in [0.2, 0.25) is 0 Å². The van der Waals surface area contributed by atoms with Crippen molar-refractivity contribution in [3.05, 3.63) is 35.9 Å². The van der Waals surface area contributed by atoms with Crippen molar-refractivity contribution in [2.45, 2.75) is 51.6 Å². The van der Waals surface area contributed by atoms with Crippen molar-refractivity contribution in [1.29, 1.82) is 0 Å². The van der Waals surface area contributed by atoms with Gasteiger partial charge in [0.05, 0.1) is 0 Å². The summed E-state index contributed by atoms with van der Waals surface area (Å²) in [4.78, 5) is 12.1. The molecule has 4 heteroatoms. The van der Waals surface area contributed by atoms with Crippen LogP contribution in [0.15, 0.2) is 30.3 Å². The summed E-state index contributed by atoms with van der Waals surface area (Å²) in [5, 5.41) is 3.04. The maximum atomic E-state index is 12.1. The number of nitrogens with one attached hydrogen (secondary N) is 3. The molecule has 4 nitrogen and oxygen atoms in total. The Kier molecular flexibility index (Phi) is 6.21. The molecule has 21 heavy (non-hydrogen) atoms. The number of rotatable bonds is 7. The van der Waals surface area contributed by atoms with Crippen molar-refractivity contribution in [2.75, 3.05) is 6.54 Å². The average molecular weight is 289 g/mol. The average Bonchev–Trinajstić information content (AvgIpc) is 2.88. The molecule has 3 unspecified atom stereocenters. The number of carbonyl (C=O) groups excluding carboxylic acids is 1. The molecule has 0 spiro atoms. The lowest BCUT2D eigenvalue weighted by Gasteiger charge is -2.17. The molecule has 1 aromatic carbocycles. The Labute approximate surface area is 127 Å². The molecule has 3 N–H and O–H groups in total. The van der Waals surface area contributed by atoms with Gasteiger partial charge in [-0.1, -0.05) is 44.2 Å². The summed E-state index contributed by atoms with van der Waals surface area (Å²) >= 11 is 0. The van der Waals surface area contributed by atoms with E-state index in [0.717, 1.165) is 32.2 Å². The third-order valence-electron chi connectivity index (χ3n) is 4.34. The highest BCUT2D eigenvalue weighted by atomic mass is 16.2. The van der Waals surface area contributed by atoms with Crippen LogP contribution < -0.4 is 16.2 Å². The van der Waals surface area contributed by atoms with Gasteiger partial charge in [-0.25, -0.2) is 5.43 Å².